The van der Waals surface area contributed by atoms with Crippen LogP contribution in [-0.2, 0) is 18.9 Å². The van der Waals surface area contributed by atoms with Crippen molar-refractivity contribution < 1.29 is 4.79 Å². The highest BCUT2D eigenvalue weighted by Crippen LogP contribution is 2.31. The van der Waals surface area contributed by atoms with Crippen LogP contribution in [0.1, 0.15) is 5.56 Å². The maximum Gasteiger partial charge on any atom is 0.332 e. The number of halogens is 1. The maximum atomic E-state index is 12.6. The topological polar surface area (TPSA) is 117 Å². The molecule has 174 valence electrons. The van der Waals surface area contributed by atoms with E-state index in [1.54, 1.807) is 18.5 Å². The number of pyridine rings is 1. The van der Waals surface area contributed by atoms with Gasteiger partial charge in [-0.2, -0.15) is 0 Å². The number of anilines is 1. The van der Waals surface area contributed by atoms with Gasteiger partial charge in [-0.25, -0.2) is 4.79 Å². The number of thioether (sulfide) groups is 1. The highest BCUT2D eigenvalue weighted by Gasteiger charge is 2.20. The monoisotopic (exact) mass is 497 g/mol. The Morgan fingerprint density at radius 2 is 1.82 bits per heavy atom. The van der Waals surface area contributed by atoms with Gasteiger partial charge in [0.05, 0.1) is 11.4 Å². The first kappa shape index (κ1) is 23.5. The van der Waals surface area contributed by atoms with Crippen molar-refractivity contribution >= 4 is 35.1 Å². The molecule has 1 N–H and O–H groups in total. The van der Waals surface area contributed by atoms with Gasteiger partial charge in [-0.1, -0.05) is 29.4 Å². The van der Waals surface area contributed by atoms with E-state index in [1.807, 2.05) is 35.8 Å². The number of carbonyl (C=O) groups excluding carboxylic acids is 1. The number of nitrogens with one attached hydrogen (secondary N) is 1. The molecular formula is C22H20ClN7O3S. The minimum Gasteiger partial charge on any atom is -0.311 e. The average molecular weight is 498 g/mol. The Balaban J connectivity index is 1.65. The van der Waals surface area contributed by atoms with Gasteiger partial charge in [-0.05, 0) is 36.8 Å². The number of nitrogens with zero attached hydrogens (tertiary/aromatic N) is 6. The van der Waals surface area contributed by atoms with Gasteiger partial charge in [0.2, 0.25) is 5.91 Å². The molecule has 0 fully saturated rings. The normalized spacial score (nSPS) is 10.9. The van der Waals surface area contributed by atoms with Crippen LogP contribution in [0, 0.1) is 6.92 Å². The maximum absolute atomic E-state index is 12.6. The second kappa shape index (κ2) is 9.65. The number of amides is 1. The summed E-state index contributed by atoms with van der Waals surface area (Å²) in [7, 11) is 2.85. The van der Waals surface area contributed by atoms with Crippen molar-refractivity contribution in [1.82, 2.24) is 28.9 Å². The van der Waals surface area contributed by atoms with E-state index in [2.05, 4.69) is 20.5 Å². The number of rotatable bonds is 6. The fourth-order valence-electron chi connectivity index (χ4n) is 3.27. The van der Waals surface area contributed by atoms with E-state index in [1.165, 1.54) is 24.7 Å². The SMILES string of the molecule is Cc1c(Cl)cccc1-n1c(SCC(=O)Nc2cc(=O)n(C)c(=O)n2C)nnc1-c1ccncc1. The minimum absolute atomic E-state index is 0.0303. The molecule has 0 bridgehead atoms. The molecule has 0 aliphatic rings. The number of hydrogen-bond donors (Lipinski definition) is 1. The molecule has 0 aliphatic heterocycles. The molecule has 0 atom stereocenters. The van der Waals surface area contributed by atoms with Gasteiger partial charge in [-0.15, -0.1) is 10.2 Å². The van der Waals surface area contributed by atoms with Gasteiger partial charge >= 0.3 is 5.69 Å². The van der Waals surface area contributed by atoms with Crippen LogP contribution in [0.15, 0.2) is 63.5 Å². The van der Waals surface area contributed by atoms with Gasteiger partial charge in [-0.3, -0.25) is 28.3 Å². The molecule has 3 aromatic heterocycles. The Kier molecular flexibility index (Phi) is 6.66. The van der Waals surface area contributed by atoms with E-state index in [4.69, 9.17) is 11.6 Å². The number of carbonyl (C=O) groups is 1. The van der Waals surface area contributed by atoms with Crippen molar-refractivity contribution in [3.8, 4) is 17.1 Å². The molecule has 0 aliphatic carbocycles. The summed E-state index contributed by atoms with van der Waals surface area (Å²) < 4.78 is 3.99. The van der Waals surface area contributed by atoms with Crippen LogP contribution in [0.2, 0.25) is 5.02 Å². The zero-order valence-corrected chi connectivity index (χ0v) is 20.1. The van der Waals surface area contributed by atoms with Crippen molar-refractivity contribution in [2.75, 3.05) is 11.1 Å². The van der Waals surface area contributed by atoms with Crippen molar-refractivity contribution in [3.63, 3.8) is 0 Å². The second-order valence-electron chi connectivity index (χ2n) is 7.37. The zero-order chi connectivity index (χ0) is 24.4. The molecule has 4 aromatic rings. The van der Waals surface area contributed by atoms with E-state index in [0.29, 0.717) is 16.0 Å². The molecule has 34 heavy (non-hydrogen) atoms. The fraction of sp³-hybridized carbons (Fsp3) is 0.182. The summed E-state index contributed by atoms with van der Waals surface area (Å²) in [5.41, 5.74) is 1.37. The first-order valence-electron chi connectivity index (χ1n) is 10.1. The summed E-state index contributed by atoms with van der Waals surface area (Å²) in [5, 5.41) is 12.3. The molecule has 12 heteroatoms. The third-order valence-corrected chi connectivity index (χ3v) is 6.52. The number of aromatic nitrogens is 6. The quantitative estimate of drug-likeness (QED) is 0.406. The van der Waals surface area contributed by atoms with Crippen LogP contribution in [0.3, 0.4) is 0 Å². The molecule has 3 heterocycles. The first-order valence-corrected chi connectivity index (χ1v) is 11.4. The first-order chi connectivity index (χ1) is 16.3. The molecule has 0 saturated heterocycles. The summed E-state index contributed by atoms with van der Waals surface area (Å²) in [6.45, 7) is 1.89. The van der Waals surface area contributed by atoms with Crippen LogP contribution < -0.4 is 16.6 Å². The lowest BCUT2D eigenvalue weighted by atomic mass is 10.2. The van der Waals surface area contributed by atoms with Crippen molar-refractivity contribution in [2.45, 2.75) is 12.1 Å². The third kappa shape index (κ3) is 4.52. The molecule has 0 radical (unpaired) electrons. The third-order valence-electron chi connectivity index (χ3n) is 5.18. The Morgan fingerprint density at radius 1 is 1.09 bits per heavy atom. The van der Waals surface area contributed by atoms with Crippen LogP contribution in [-0.4, -0.2) is 40.5 Å². The van der Waals surface area contributed by atoms with Crippen LogP contribution >= 0.6 is 23.4 Å². The molecule has 10 nitrogen and oxygen atoms in total. The van der Waals surface area contributed by atoms with Crippen molar-refractivity contribution in [1.29, 1.82) is 0 Å². The Hall–Kier alpha value is -3.70. The van der Waals surface area contributed by atoms with Gasteiger partial charge in [0, 0.05) is 43.1 Å². The van der Waals surface area contributed by atoms with Gasteiger partial charge in [0.15, 0.2) is 11.0 Å². The summed E-state index contributed by atoms with van der Waals surface area (Å²) in [6.07, 6.45) is 3.32. The lowest BCUT2D eigenvalue weighted by molar-refractivity contribution is -0.113. The molecule has 4 rings (SSSR count). The van der Waals surface area contributed by atoms with Crippen LogP contribution in [0.5, 0.6) is 0 Å². The predicted octanol–water partition coefficient (Wildman–Crippen LogP) is 2.42. The molecule has 1 amide bonds. The van der Waals surface area contributed by atoms with Gasteiger partial charge in [0.1, 0.15) is 5.82 Å². The Bertz CT molecular complexity index is 1490. The minimum atomic E-state index is -0.534. The molecule has 1 aromatic carbocycles. The fourth-order valence-corrected chi connectivity index (χ4v) is 4.18. The predicted molar refractivity (Wildman–Crippen MR) is 131 cm³/mol. The Morgan fingerprint density at radius 3 is 2.56 bits per heavy atom. The molecule has 0 unspecified atom stereocenters. The van der Waals surface area contributed by atoms with Crippen LogP contribution in [0.25, 0.3) is 17.1 Å². The summed E-state index contributed by atoms with van der Waals surface area (Å²) in [4.78, 5) is 40.7. The Labute approximate surface area is 203 Å². The second-order valence-corrected chi connectivity index (χ2v) is 8.72. The van der Waals surface area contributed by atoms with Gasteiger partial charge in [0.25, 0.3) is 5.56 Å². The van der Waals surface area contributed by atoms with Crippen molar-refractivity contribution in [3.05, 3.63) is 80.2 Å². The van der Waals surface area contributed by atoms with E-state index in [0.717, 1.165) is 33.1 Å². The average Bonchev–Trinajstić information content (AvgIpc) is 3.26. The smallest absolute Gasteiger partial charge is 0.311 e. The van der Waals surface area contributed by atoms with E-state index in [-0.39, 0.29) is 11.6 Å². The number of benzene rings is 1. The molecule has 0 spiro atoms. The van der Waals surface area contributed by atoms with Gasteiger partial charge < -0.3 is 5.32 Å². The summed E-state index contributed by atoms with van der Waals surface area (Å²) in [6, 6.07) is 10.4. The lowest BCUT2D eigenvalue weighted by Gasteiger charge is -2.14. The highest BCUT2D eigenvalue weighted by molar-refractivity contribution is 7.99. The molecular weight excluding hydrogens is 478 g/mol. The zero-order valence-electron chi connectivity index (χ0n) is 18.5. The largest absolute Gasteiger partial charge is 0.332 e. The van der Waals surface area contributed by atoms with Crippen molar-refractivity contribution in [2.24, 2.45) is 14.1 Å². The summed E-state index contributed by atoms with van der Waals surface area (Å²) in [5.74, 6) is 0.251. The van der Waals surface area contributed by atoms with Crippen LogP contribution in [0.4, 0.5) is 5.82 Å². The highest BCUT2D eigenvalue weighted by atomic mass is 35.5. The lowest BCUT2D eigenvalue weighted by Crippen LogP contribution is -2.38. The molecule has 0 saturated carbocycles. The standard InChI is InChI=1S/C22H20ClN7O3S/c1-13-15(23)5-4-6-16(13)30-20(14-7-9-24-10-8-14)26-27-21(30)34-12-18(31)25-17-11-19(32)29(3)22(33)28(17)2/h4-11H,12H2,1-3H3,(H,25,31). The van der Waals surface area contributed by atoms with E-state index < -0.39 is 17.2 Å². The number of hydrogen-bond acceptors (Lipinski definition) is 7. The van der Waals surface area contributed by atoms with E-state index >= 15 is 0 Å². The van der Waals surface area contributed by atoms with E-state index in [9.17, 15) is 14.4 Å². The summed E-state index contributed by atoms with van der Waals surface area (Å²) >= 11 is 7.53.